The van der Waals surface area contributed by atoms with E-state index in [4.69, 9.17) is 9.47 Å². The number of carbonyl (C=O) groups excluding carboxylic acids is 2. The summed E-state index contributed by atoms with van der Waals surface area (Å²) in [6, 6.07) is 32.3. The molecule has 0 saturated carbocycles. The summed E-state index contributed by atoms with van der Waals surface area (Å²) in [5.41, 5.74) is 6.59. The van der Waals surface area contributed by atoms with E-state index in [9.17, 15) is 14.7 Å². The van der Waals surface area contributed by atoms with Crippen LogP contribution in [0.15, 0.2) is 109 Å². The van der Waals surface area contributed by atoms with Crippen LogP contribution in [0, 0.1) is 5.92 Å². The lowest BCUT2D eigenvalue weighted by Crippen LogP contribution is -2.46. The maximum absolute atomic E-state index is 12.7. The van der Waals surface area contributed by atoms with Crippen LogP contribution in [0.4, 0.5) is 4.79 Å². The third-order valence-corrected chi connectivity index (χ3v) is 8.81. The molecule has 3 N–H and O–H groups in total. The van der Waals surface area contributed by atoms with E-state index in [1.165, 1.54) is 6.92 Å². The van der Waals surface area contributed by atoms with Gasteiger partial charge in [-0.05, 0) is 47.7 Å². The van der Waals surface area contributed by atoms with Crippen LogP contribution in [0.1, 0.15) is 54.1 Å². The third-order valence-electron chi connectivity index (χ3n) is 8.81. The average molecular weight is 633 g/mol. The normalized spacial score (nSPS) is 20.1. The van der Waals surface area contributed by atoms with Gasteiger partial charge in [0.2, 0.25) is 0 Å². The van der Waals surface area contributed by atoms with E-state index in [0.29, 0.717) is 19.5 Å². The van der Waals surface area contributed by atoms with E-state index in [2.05, 4.69) is 33.2 Å². The van der Waals surface area contributed by atoms with Gasteiger partial charge >= 0.3 is 6.03 Å². The maximum atomic E-state index is 12.7. The van der Waals surface area contributed by atoms with E-state index in [1.54, 1.807) is 0 Å². The number of nitrogens with one attached hydrogen (secondary N) is 2. The van der Waals surface area contributed by atoms with Crippen molar-refractivity contribution >= 4 is 22.8 Å². The molecule has 1 fully saturated rings. The highest BCUT2D eigenvalue weighted by Gasteiger charge is 2.38. The molecule has 5 aromatic rings. The number of nitrogens with zero attached hydrogens (tertiary/aromatic N) is 2. The van der Waals surface area contributed by atoms with Crippen molar-refractivity contribution in [3.8, 4) is 0 Å². The summed E-state index contributed by atoms with van der Waals surface area (Å²) in [6.45, 7) is 4.51. The van der Waals surface area contributed by atoms with E-state index >= 15 is 0 Å². The minimum atomic E-state index is -0.617. The van der Waals surface area contributed by atoms with Gasteiger partial charge in [0.25, 0.3) is 0 Å². The zero-order chi connectivity index (χ0) is 32.8. The lowest BCUT2D eigenvalue weighted by atomic mass is 9.90. The van der Waals surface area contributed by atoms with Crippen LogP contribution in [0.25, 0.3) is 11.0 Å². The summed E-state index contributed by atoms with van der Waals surface area (Å²) in [5.74, 6) is -0.0765. The molecule has 5 atom stereocenters. The number of benzene rings is 4. The largest absolute Gasteiger partial charge is 0.392 e. The summed E-state index contributed by atoms with van der Waals surface area (Å²) in [5, 5.41) is 15.2. The first-order chi connectivity index (χ1) is 22.9. The van der Waals surface area contributed by atoms with Crippen molar-refractivity contribution in [2.45, 2.75) is 64.5 Å². The van der Waals surface area contributed by atoms with Gasteiger partial charge in [-0.1, -0.05) is 97.9 Å². The molecule has 242 valence electrons. The molecule has 1 aliphatic heterocycles. The fraction of sp³-hybridized carbons (Fsp3) is 0.289. The SMILES string of the molecule is CC(=O)[C@@H](Cc1ccccc1)NC(=O)NCc1ccc(C2O[C@H](Cn3cnc4ccccc43)[C@H](C)[C@H](c3ccc(CO)cc3)O2)cc1. The van der Waals surface area contributed by atoms with Gasteiger partial charge in [0, 0.05) is 18.0 Å². The van der Waals surface area contributed by atoms with Crippen LogP contribution in [-0.4, -0.2) is 38.6 Å². The Kier molecular flexibility index (Phi) is 10.1. The van der Waals surface area contributed by atoms with Crippen LogP contribution >= 0.6 is 0 Å². The fourth-order valence-corrected chi connectivity index (χ4v) is 6.01. The molecule has 9 heteroatoms. The second-order valence-corrected chi connectivity index (χ2v) is 12.1. The standard InChI is InChI=1S/C38H40N4O5/c1-25-35(22-42-24-40-32-10-6-7-11-34(32)42)46-37(47-36(25)30-16-14-29(23-43)15-17-30)31-18-12-28(13-19-31)21-39-38(45)41-33(26(2)44)20-27-8-4-3-5-9-27/h3-19,24-25,33,35-37,43H,20-23H2,1-2H3,(H2,39,41,45)/t25-,33+,35+,36+,37?/m0/s1. The van der Waals surface area contributed by atoms with Gasteiger partial charge in [-0.3, -0.25) is 4.79 Å². The number of aromatic nitrogens is 2. The second kappa shape index (κ2) is 14.7. The van der Waals surface area contributed by atoms with Crippen molar-refractivity contribution in [3.05, 3.63) is 137 Å². The van der Waals surface area contributed by atoms with Crippen LogP contribution in [0.2, 0.25) is 0 Å². The number of rotatable bonds is 11. The van der Waals surface area contributed by atoms with Crippen LogP contribution in [0.5, 0.6) is 0 Å². The Bertz CT molecular complexity index is 1790. The van der Waals surface area contributed by atoms with E-state index < -0.39 is 18.4 Å². The molecular weight excluding hydrogens is 592 g/mol. The number of ether oxygens (including phenoxy) is 2. The molecule has 9 nitrogen and oxygen atoms in total. The molecule has 1 saturated heterocycles. The Labute approximate surface area is 274 Å². The molecule has 0 aliphatic carbocycles. The van der Waals surface area contributed by atoms with Crippen molar-refractivity contribution in [1.29, 1.82) is 0 Å². The number of aliphatic hydroxyl groups is 1. The van der Waals surface area contributed by atoms with Gasteiger partial charge in [-0.15, -0.1) is 0 Å². The molecule has 1 aromatic heterocycles. The van der Waals surface area contributed by atoms with Crippen molar-refractivity contribution in [1.82, 2.24) is 20.2 Å². The van der Waals surface area contributed by atoms with E-state index in [0.717, 1.165) is 38.9 Å². The molecular formula is C38H40N4O5. The maximum Gasteiger partial charge on any atom is 0.315 e. The first-order valence-electron chi connectivity index (χ1n) is 16.0. The molecule has 0 spiro atoms. The van der Waals surface area contributed by atoms with Crippen molar-refractivity contribution in [2.75, 3.05) is 0 Å². The summed E-state index contributed by atoms with van der Waals surface area (Å²) in [6.07, 6.45) is 1.26. The first kappa shape index (κ1) is 32.1. The molecule has 1 unspecified atom stereocenters. The molecule has 47 heavy (non-hydrogen) atoms. The van der Waals surface area contributed by atoms with Gasteiger partial charge in [0.15, 0.2) is 12.1 Å². The Morgan fingerprint density at radius 1 is 0.851 bits per heavy atom. The van der Waals surface area contributed by atoms with Crippen LogP contribution in [-0.2, 0) is 40.4 Å². The number of hydrogen-bond donors (Lipinski definition) is 3. The highest BCUT2D eigenvalue weighted by molar-refractivity contribution is 5.87. The predicted octanol–water partition coefficient (Wildman–Crippen LogP) is 6.02. The minimum absolute atomic E-state index is 0.0166. The predicted molar refractivity (Wildman–Crippen MR) is 179 cm³/mol. The highest BCUT2D eigenvalue weighted by Crippen LogP contribution is 2.42. The number of Topliss-reactive ketones (excluding diaryl/α,β-unsaturated/α-hetero) is 1. The smallest absolute Gasteiger partial charge is 0.315 e. The summed E-state index contributed by atoms with van der Waals surface area (Å²) < 4.78 is 15.4. The Hall–Kier alpha value is -4.83. The van der Waals surface area contributed by atoms with Gasteiger partial charge in [0.05, 0.1) is 48.8 Å². The summed E-state index contributed by atoms with van der Waals surface area (Å²) in [4.78, 5) is 29.5. The quantitative estimate of drug-likeness (QED) is 0.164. The lowest BCUT2D eigenvalue weighted by molar-refractivity contribution is -0.276. The molecule has 2 heterocycles. The van der Waals surface area contributed by atoms with Gasteiger partial charge in [0.1, 0.15) is 0 Å². The van der Waals surface area contributed by atoms with E-state index in [-0.39, 0.29) is 30.5 Å². The van der Waals surface area contributed by atoms with E-state index in [1.807, 2.05) is 103 Å². The Morgan fingerprint density at radius 2 is 1.53 bits per heavy atom. The highest BCUT2D eigenvalue weighted by atomic mass is 16.7. The summed E-state index contributed by atoms with van der Waals surface area (Å²) >= 11 is 0. The number of urea groups is 1. The van der Waals surface area contributed by atoms with Crippen molar-refractivity contribution < 1.29 is 24.2 Å². The number of imidazole rings is 1. The van der Waals surface area contributed by atoms with Gasteiger partial charge < -0.3 is 29.8 Å². The first-order valence-corrected chi connectivity index (χ1v) is 16.0. The molecule has 6 rings (SSSR count). The van der Waals surface area contributed by atoms with Crippen LogP contribution < -0.4 is 10.6 Å². The summed E-state index contributed by atoms with van der Waals surface area (Å²) in [7, 11) is 0. The minimum Gasteiger partial charge on any atom is -0.392 e. The number of carbonyl (C=O) groups is 2. The average Bonchev–Trinajstić information content (AvgIpc) is 3.51. The third kappa shape index (κ3) is 7.77. The number of fused-ring (bicyclic) bond motifs is 1. The fourth-order valence-electron chi connectivity index (χ4n) is 6.01. The number of ketones is 1. The molecule has 0 bridgehead atoms. The number of aliphatic hydroxyl groups excluding tert-OH is 1. The van der Waals surface area contributed by atoms with Crippen molar-refractivity contribution in [2.24, 2.45) is 5.92 Å². The molecule has 0 radical (unpaired) electrons. The zero-order valence-electron chi connectivity index (χ0n) is 26.6. The van der Waals surface area contributed by atoms with Gasteiger partial charge in [-0.2, -0.15) is 0 Å². The Morgan fingerprint density at radius 3 is 2.26 bits per heavy atom. The Balaban J connectivity index is 1.14. The number of hydrogen-bond acceptors (Lipinski definition) is 6. The topological polar surface area (TPSA) is 115 Å². The number of para-hydroxylation sites is 2. The number of amides is 2. The zero-order valence-corrected chi connectivity index (χ0v) is 26.6. The van der Waals surface area contributed by atoms with Crippen LogP contribution in [0.3, 0.4) is 0 Å². The van der Waals surface area contributed by atoms with Crippen molar-refractivity contribution in [3.63, 3.8) is 0 Å². The molecule has 1 aliphatic rings. The van der Waals surface area contributed by atoms with Gasteiger partial charge in [-0.25, -0.2) is 9.78 Å². The second-order valence-electron chi connectivity index (χ2n) is 12.1. The lowest BCUT2D eigenvalue weighted by Gasteiger charge is -2.41. The molecule has 2 amide bonds. The molecule has 4 aromatic carbocycles. The monoisotopic (exact) mass is 632 g/mol.